The molecule has 1 atom stereocenters. The molecule has 0 amide bonds. The van der Waals surface area contributed by atoms with E-state index in [9.17, 15) is 0 Å². The molecule has 0 radical (unpaired) electrons. The molecule has 3 aromatic rings. The second kappa shape index (κ2) is 9.52. The van der Waals surface area contributed by atoms with Crippen LogP contribution in [0.25, 0.3) is 11.4 Å². The summed E-state index contributed by atoms with van der Waals surface area (Å²) in [4.78, 5) is 0. The second-order valence-electron chi connectivity index (χ2n) is 7.34. The summed E-state index contributed by atoms with van der Waals surface area (Å²) in [5, 5.41) is 17.2. The molecule has 5 rings (SSSR count). The number of aromatic amines is 1. The first kappa shape index (κ1) is 19.4. The van der Waals surface area contributed by atoms with Crippen LogP contribution in [0.4, 0.5) is 0 Å². The Morgan fingerprint density at radius 1 is 1.00 bits per heavy atom. The first-order valence-electron chi connectivity index (χ1n) is 10.2. The highest BCUT2D eigenvalue weighted by atomic mass is 16.6. The van der Waals surface area contributed by atoms with Gasteiger partial charge in [0.05, 0.1) is 0 Å². The van der Waals surface area contributed by atoms with E-state index in [0.29, 0.717) is 31.1 Å². The van der Waals surface area contributed by atoms with Gasteiger partial charge in [-0.3, -0.25) is 0 Å². The van der Waals surface area contributed by atoms with E-state index in [1.807, 2.05) is 36.4 Å². The highest BCUT2D eigenvalue weighted by Gasteiger charge is 2.22. The monoisotopic (exact) mass is 393 g/mol. The van der Waals surface area contributed by atoms with E-state index in [-0.39, 0.29) is 0 Å². The lowest BCUT2D eigenvalue weighted by atomic mass is 10.0. The van der Waals surface area contributed by atoms with Crippen LogP contribution in [0, 0.1) is 0 Å². The quantitative estimate of drug-likeness (QED) is 0.699. The van der Waals surface area contributed by atoms with Crippen LogP contribution in [-0.4, -0.2) is 39.9 Å². The molecule has 1 aliphatic heterocycles. The molecule has 1 aromatic heterocycles. The van der Waals surface area contributed by atoms with Crippen molar-refractivity contribution in [3.8, 4) is 22.9 Å². The smallest absolute Gasteiger partial charge is 0.204 e. The van der Waals surface area contributed by atoms with E-state index >= 15 is 0 Å². The zero-order chi connectivity index (χ0) is 19.9. The Labute approximate surface area is 170 Å². The van der Waals surface area contributed by atoms with Gasteiger partial charge in [0.25, 0.3) is 0 Å². The minimum atomic E-state index is 0.324. The maximum Gasteiger partial charge on any atom is 0.204 e. The average molecular weight is 393 g/mol. The molecule has 1 aliphatic carbocycles. The van der Waals surface area contributed by atoms with Gasteiger partial charge in [0.1, 0.15) is 13.2 Å². The Bertz CT molecular complexity index is 879. The van der Waals surface area contributed by atoms with Gasteiger partial charge in [0, 0.05) is 23.2 Å². The van der Waals surface area contributed by atoms with Crippen molar-refractivity contribution in [1.29, 1.82) is 0 Å². The van der Waals surface area contributed by atoms with Crippen LogP contribution >= 0.6 is 0 Å². The molecule has 29 heavy (non-hydrogen) atoms. The first-order chi connectivity index (χ1) is 14.3. The predicted molar refractivity (Wildman–Crippen MR) is 111 cm³/mol. The van der Waals surface area contributed by atoms with Crippen LogP contribution in [0.1, 0.15) is 44.2 Å². The van der Waals surface area contributed by atoms with Crippen molar-refractivity contribution in [1.82, 2.24) is 25.9 Å². The Kier molecular flexibility index (Phi) is 6.36. The minimum Gasteiger partial charge on any atom is -0.486 e. The fourth-order valence-electron chi connectivity index (χ4n) is 3.84. The Morgan fingerprint density at radius 2 is 1.79 bits per heavy atom. The summed E-state index contributed by atoms with van der Waals surface area (Å²) in [5.74, 6) is 2.45. The maximum atomic E-state index is 5.78. The van der Waals surface area contributed by atoms with Crippen LogP contribution in [-0.2, 0) is 0 Å². The summed E-state index contributed by atoms with van der Waals surface area (Å²) in [6, 6.07) is 16.9. The molecule has 7 nitrogen and oxygen atoms in total. The van der Waals surface area contributed by atoms with Crippen molar-refractivity contribution in [2.75, 3.05) is 13.2 Å². The van der Waals surface area contributed by atoms with Crippen LogP contribution in [0.5, 0.6) is 11.5 Å². The molecular weight excluding hydrogens is 366 g/mol. The summed E-state index contributed by atoms with van der Waals surface area (Å²) in [6.07, 6.45) is 5.32. The molecule has 2 N–H and O–H groups in total. The number of hydrogen-bond donors (Lipinski definition) is 2. The molecule has 2 aliphatic rings. The van der Waals surface area contributed by atoms with Crippen molar-refractivity contribution in [2.45, 2.75) is 44.7 Å². The van der Waals surface area contributed by atoms with Gasteiger partial charge in [-0.1, -0.05) is 55.3 Å². The lowest BCUT2D eigenvalue weighted by Crippen LogP contribution is -2.29. The van der Waals surface area contributed by atoms with Crippen LogP contribution in [0.15, 0.2) is 48.5 Å². The van der Waals surface area contributed by atoms with E-state index in [0.717, 1.165) is 17.1 Å². The SMILES string of the molecule is CC(NC1CCCC1)c1cccc2c1OCCO2.c1ccc(-c2nn[nH]n2)cc1. The molecular formula is C22H27N5O2. The van der Waals surface area contributed by atoms with Crippen molar-refractivity contribution < 1.29 is 9.47 Å². The van der Waals surface area contributed by atoms with Gasteiger partial charge in [0.2, 0.25) is 5.82 Å². The summed E-state index contributed by atoms with van der Waals surface area (Å²) in [7, 11) is 0. The van der Waals surface area contributed by atoms with Gasteiger partial charge in [0.15, 0.2) is 11.5 Å². The van der Waals surface area contributed by atoms with Crippen LogP contribution in [0.2, 0.25) is 0 Å². The van der Waals surface area contributed by atoms with Crippen LogP contribution < -0.4 is 14.8 Å². The zero-order valence-electron chi connectivity index (χ0n) is 16.7. The van der Waals surface area contributed by atoms with Gasteiger partial charge in [-0.2, -0.15) is 5.21 Å². The fourth-order valence-corrected chi connectivity index (χ4v) is 3.84. The van der Waals surface area contributed by atoms with Crippen molar-refractivity contribution in [3.05, 3.63) is 54.1 Å². The lowest BCUT2D eigenvalue weighted by Gasteiger charge is -2.25. The molecule has 152 valence electrons. The lowest BCUT2D eigenvalue weighted by molar-refractivity contribution is 0.168. The van der Waals surface area contributed by atoms with Crippen LogP contribution in [0.3, 0.4) is 0 Å². The Morgan fingerprint density at radius 3 is 2.55 bits per heavy atom. The number of aromatic nitrogens is 4. The van der Waals surface area contributed by atoms with E-state index in [4.69, 9.17) is 9.47 Å². The molecule has 1 unspecified atom stereocenters. The number of fused-ring (bicyclic) bond motifs is 1. The van der Waals surface area contributed by atoms with E-state index < -0.39 is 0 Å². The minimum absolute atomic E-state index is 0.324. The Hall–Kier alpha value is -2.93. The number of nitrogens with one attached hydrogen (secondary N) is 2. The number of tetrazole rings is 1. The number of hydrogen-bond acceptors (Lipinski definition) is 6. The van der Waals surface area contributed by atoms with Gasteiger partial charge >= 0.3 is 0 Å². The van der Waals surface area contributed by atoms with Gasteiger partial charge in [-0.05, 0) is 31.0 Å². The average Bonchev–Trinajstić information content (AvgIpc) is 3.49. The summed E-state index contributed by atoms with van der Waals surface area (Å²) < 4.78 is 11.4. The molecule has 2 aromatic carbocycles. The number of ether oxygens (including phenoxy) is 2. The number of para-hydroxylation sites is 1. The normalized spacial score (nSPS) is 16.7. The van der Waals surface area contributed by atoms with Crippen molar-refractivity contribution in [3.63, 3.8) is 0 Å². The standard InChI is InChI=1S/C15H21NO2.C7H6N4/c1-11(16-12-5-2-3-6-12)13-7-4-8-14-15(13)18-10-9-17-14;1-2-4-6(5-3-1)7-8-10-11-9-7/h4,7-8,11-12,16H,2-3,5-6,9-10H2,1H3;1-5H,(H,8,9,10,11). The Balaban J connectivity index is 0.000000159. The number of benzene rings is 2. The van der Waals surface area contributed by atoms with E-state index in [2.05, 4.69) is 45.0 Å². The molecule has 0 saturated heterocycles. The number of rotatable bonds is 4. The third-order valence-electron chi connectivity index (χ3n) is 5.28. The number of H-pyrrole nitrogens is 1. The molecule has 7 heteroatoms. The fraction of sp³-hybridized carbons (Fsp3) is 0.409. The molecule has 1 saturated carbocycles. The van der Waals surface area contributed by atoms with Gasteiger partial charge in [-0.25, -0.2) is 0 Å². The first-order valence-corrected chi connectivity index (χ1v) is 10.2. The molecule has 2 heterocycles. The van der Waals surface area contributed by atoms with Gasteiger partial charge < -0.3 is 14.8 Å². The summed E-state index contributed by atoms with van der Waals surface area (Å²) in [6.45, 7) is 3.52. The second-order valence-corrected chi connectivity index (χ2v) is 7.34. The van der Waals surface area contributed by atoms with Crippen molar-refractivity contribution >= 4 is 0 Å². The van der Waals surface area contributed by atoms with Gasteiger partial charge in [-0.15, -0.1) is 10.2 Å². The molecule has 0 spiro atoms. The van der Waals surface area contributed by atoms with E-state index in [1.165, 1.54) is 31.2 Å². The molecule has 0 bridgehead atoms. The topological polar surface area (TPSA) is 85.0 Å². The molecule has 1 fully saturated rings. The highest BCUT2D eigenvalue weighted by Crippen LogP contribution is 2.37. The van der Waals surface area contributed by atoms with E-state index in [1.54, 1.807) is 0 Å². The number of nitrogens with zero attached hydrogens (tertiary/aromatic N) is 3. The van der Waals surface area contributed by atoms with Crippen molar-refractivity contribution in [2.24, 2.45) is 0 Å². The summed E-state index contributed by atoms with van der Waals surface area (Å²) in [5.41, 5.74) is 2.19. The zero-order valence-corrected chi connectivity index (χ0v) is 16.7. The largest absolute Gasteiger partial charge is 0.486 e. The highest BCUT2D eigenvalue weighted by molar-refractivity contribution is 5.52. The maximum absolute atomic E-state index is 5.78. The summed E-state index contributed by atoms with van der Waals surface area (Å²) >= 11 is 0. The third-order valence-corrected chi connectivity index (χ3v) is 5.28. The predicted octanol–water partition coefficient (Wildman–Crippen LogP) is 3.92. The third kappa shape index (κ3) is 4.92.